The summed E-state index contributed by atoms with van der Waals surface area (Å²) >= 11 is 0. The smallest absolute Gasteiger partial charge is 0.157 e. The van der Waals surface area contributed by atoms with Gasteiger partial charge in [0.25, 0.3) is 0 Å². The molecule has 0 saturated heterocycles. The van der Waals surface area contributed by atoms with Crippen LogP contribution in [0.3, 0.4) is 0 Å². The van der Waals surface area contributed by atoms with Gasteiger partial charge < -0.3 is 4.98 Å². The van der Waals surface area contributed by atoms with Gasteiger partial charge in [0.15, 0.2) is 5.65 Å². The third kappa shape index (κ3) is 1.94. The Kier molecular flexibility index (Phi) is 2.94. The average Bonchev–Trinajstić information content (AvgIpc) is 2.67. The molecule has 0 bridgehead atoms. The molecule has 2 aromatic heterocycles. The van der Waals surface area contributed by atoms with Gasteiger partial charge in [0.2, 0.25) is 0 Å². The summed E-state index contributed by atoms with van der Waals surface area (Å²) in [6, 6.07) is 0. The van der Waals surface area contributed by atoms with E-state index in [1.165, 1.54) is 16.8 Å². The number of fused-ring (bicyclic) bond motifs is 1. The molecule has 0 saturated carbocycles. The van der Waals surface area contributed by atoms with Crippen molar-refractivity contribution in [3.8, 4) is 0 Å². The van der Waals surface area contributed by atoms with E-state index in [9.17, 15) is 0 Å². The SMILES string of the molecule is Cc1c(C(C)C)nc2[nH]c(C(C)C)nc2c1C. The minimum Gasteiger partial charge on any atom is -0.326 e. The largest absolute Gasteiger partial charge is 0.326 e. The number of aromatic amines is 1. The molecule has 0 aliphatic heterocycles. The summed E-state index contributed by atoms with van der Waals surface area (Å²) in [6.07, 6.45) is 0. The summed E-state index contributed by atoms with van der Waals surface area (Å²) in [5.74, 6) is 1.88. The Bertz CT molecular complexity index is 550. The van der Waals surface area contributed by atoms with E-state index >= 15 is 0 Å². The molecule has 3 heteroatoms. The fourth-order valence-corrected chi connectivity index (χ4v) is 2.13. The van der Waals surface area contributed by atoms with Crippen molar-refractivity contribution in [1.29, 1.82) is 0 Å². The van der Waals surface area contributed by atoms with Crippen molar-refractivity contribution in [2.24, 2.45) is 0 Å². The zero-order chi connectivity index (χ0) is 12.7. The van der Waals surface area contributed by atoms with Crippen LogP contribution in [0, 0.1) is 13.8 Å². The van der Waals surface area contributed by atoms with Crippen LogP contribution >= 0.6 is 0 Å². The van der Waals surface area contributed by atoms with Crippen molar-refractivity contribution < 1.29 is 0 Å². The van der Waals surface area contributed by atoms with Crippen molar-refractivity contribution in [2.75, 3.05) is 0 Å². The summed E-state index contributed by atoms with van der Waals surface area (Å²) in [5, 5.41) is 0. The molecular formula is C14H21N3. The number of nitrogens with zero attached hydrogens (tertiary/aromatic N) is 2. The van der Waals surface area contributed by atoms with Crippen LogP contribution in [0.4, 0.5) is 0 Å². The Balaban J connectivity index is 2.73. The quantitative estimate of drug-likeness (QED) is 0.853. The van der Waals surface area contributed by atoms with Gasteiger partial charge in [-0.2, -0.15) is 0 Å². The molecule has 0 atom stereocenters. The predicted molar refractivity (Wildman–Crippen MR) is 71.5 cm³/mol. The molecule has 17 heavy (non-hydrogen) atoms. The molecular weight excluding hydrogens is 210 g/mol. The van der Waals surface area contributed by atoms with E-state index in [2.05, 4.69) is 51.5 Å². The van der Waals surface area contributed by atoms with Crippen LogP contribution in [0.2, 0.25) is 0 Å². The Morgan fingerprint density at radius 1 is 0.882 bits per heavy atom. The highest BCUT2D eigenvalue weighted by Crippen LogP contribution is 2.26. The van der Waals surface area contributed by atoms with E-state index < -0.39 is 0 Å². The van der Waals surface area contributed by atoms with Gasteiger partial charge >= 0.3 is 0 Å². The summed E-state index contributed by atoms with van der Waals surface area (Å²) < 4.78 is 0. The molecule has 1 N–H and O–H groups in total. The van der Waals surface area contributed by atoms with Crippen LogP contribution in [0.15, 0.2) is 0 Å². The highest BCUT2D eigenvalue weighted by atomic mass is 15.0. The standard InChI is InChI=1S/C14H21N3/c1-7(2)11-9(5)10(6)12-14(15-11)17-13(16-12)8(3)4/h7-8H,1-6H3,(H,15,16,17). The second-order valence-corrected chi connectivity index (χ2v) is 5.38. The topological polar surface area (TPSA) is 41.6 Å². The van der Waals surface area contributed by atoms with Gasteiger partial charge in [-0.15, -0.1) is 0 Å². The van der Waals surface area contributed by atoms with Crippen molar-refractivity contribution in [2.45, 2.75) is 53.4 Å². The van der Waals surface area contributed by atoms with Crippen LogP contribution in [-0.4, -0.2) is 15.0 Å². The number of aromatic nitrogens is 3. The number of hydrogen-bond acceptors (Lipinski definition) is 2. The Morgan fingerprint density at radius 2 is 1.53 bits per heavy atom. The average molecular weight is 231 g/mol. The maximum absolute atomic E-state index is 4.72. The molecule has 0 aromatic carbocycles. The lowest BCUT2D eigenvalue weighted by molar-refractivity contribution is 0.795. The van der Waals surface area contributed by atoms with Crippen LogP contribution in [0.1, 0.15) is 62.2 Å². The second-order valence-electron chi connectivity index (χ2n) is 5.38. The van der Waals surface area contributed by atoms with Gasteiger partial charge in [-0.25, -0.2) is 9.97 Å². The number of rotatable bonds is 2. The van der Waals surface area contributed by atoms with E-state index in [4.69, 9.17) is 4.98 Å². The Morgan fingerprint density at radius 3 is 2.06 bits per heavy atom. The summed E-state index contributed by atoms with van der Waals surface area (Å²) in [5.41, 5.74) is 5.65. The number of pyridine rings is 1. The van der Waals surface area contributed by atoms with Crippen LogP contribution < -0.4 is 0 Å². The van der Waals surface area contributed by atoms with Gasteiger partial charge in [-0.05, 0) is 30.9 Å². The highest BCUT2D eigenvalue weighted by molar-refractivity contribution is 5.76. The zero-order valence-corrected chi connectivity index (χ0v) is 11.5. The van der Waals surface area contributed by atoms with Crippen molar-refractivity contribution >= 4 is 11.2 Å². The predicted octanol–water partition coefficient (Wildman–Crippen LogP) is 3.82. The monoisotopic (exact) mass is 231 g/mol. The van der Waals surface area contributed by atoms with E-state index in [0.717, 1.165) is 17.0 Å². The molecule has 92 valence electrons. The zero-order valence-electron chi connectivity index (χ0n) is 11.5. The summed E-state index contributed by atoms with van der Waals surface area (Å²) in [7, 11) is 0. The Hall–Kier alpha value is -1.38. The maximum Gasteiger partial charge on any atom is 0.157 e. The number of aryl methyl sites for hydroxylation is 1. The number of H-pyrrole nitrogens is 1. The lowest BCUT2D eigenvalue weighted by atomic mass is 10.0. The van der Waals surface area contributed by atoms with Gasteiger partial charge in [0.05, 0.1) is 0 Å². The summed E-state index contributed by atoms with van der Waals surface area (Å²) in [4.78, 5) is 12.7. The molecule has 0 fully saturated rings. The molecule has 0 radical (unpaired) electrons. The van der Waals surface area contributed by atoms with E-state index in [1.54, 1.807) is 0 Å². The maximum atomic E-state index is 4.72. The van der Waals surface area contributed by atoms with Crippen LogP contribution in [0.5, 0.6) is 0 Å². The first-order valence-corrected chi connectivity index (χ1v) is 6.28. The van der Waals surface area contributed by atoms with Crippen LogP contribution in [-0.2, 0) is 0 Å². The molecule has 3 nitrogen and oxygen atoms in total. The lowest BCUT2D eigenvalue weighted by Gasteiger charge is -2.10. The molecule has 2 rings (SSSR count). The van der Waals surface area contributed by atoms with Crippen molar-refractivity contribution in [3.05, 3.63) is 22.6 Å². The minimum atomic E-state index is 0.409. The first-order chi connectivity index (χ1) is 7.91. The van der Waals surface area contributed by atoms with Gasteiger partial charge in [0.1, 0.15) is 11.3 Å². The van der Waals surface area contributed by atoms with Crippen LogP contribution in [0.25, 0.3) is 11.2 Å². The van der Waals surface area contributed by atoms with Gasteiger partial charge in [-0.3, -0.25) is 0 Å². The molecule has 2 heterocycles. The van der Waals surface area contributed by atoms with Gasteiger partial charge in [0, 0.05) is 11.6 Å². The second kappa shape index (κ2) is 4.13. The fraction of sp³-hybridized carbons (Fsp3) is 0.571. The third-order valence-electron chi connectivity index (χ3n) is 3.33. The number of imidazole rings is 1. The van der Waals surface area contributed by atoms with Crippen molar-refractivity contribution in [1.82, 2.24) is 15.0 Å². The molecule has 0 aliphatic rings. The fourth-order valence-electron chi connectivity index (χ4n) is 2.13. The van der Waals surface area contributed by atoms with E-state index in [-0.39, 0.29) is 0 Å². The highest BCUT2D eigenvalue weighted by Gasteiger charge is 2.15. The minimum absolute atomic E-state index is 0.409. The lowest BCUT2D eigenvalue weighted by Crippen LogP contribution is -2.00. The number of nitrogens with one attached hydrogen (secondary N) is 1. The number of hydrogen-bond donors (Lipinski definition) is 1. The first kappa shape index (κ1) is 12.1. The Labute approximate surface area is 103 Å². The first-order valence-electron chi connectivity index (χ1n) is 6.28. The molecule has 2 aromatic rings. The third-order valence-corrected chi connectivity index (χ3v) is 3.33. The molecule has 0 unspecified atom stereocenters. The van der Waals surface area contributed by atoms with E-state index in [1.807, 2.05) is 0 Å². The molecule has 0 amide bonds. The van der Waals surface area contributed by atoms with E-state index in [0.29, 0.717) is 11.8 Å². The summed E-state index contributed by atoms with van der Waals surface area (Å²) in [6.45, 7) is 12.9. The molecule has 0 aliphatic carbocycles. The van der Waals surface area contributed by atoms with Gasteiger partial charge in [-0.1, -0.05) is 27.7 Å². The normalized spacial score (nSPS) is 12.0. The molecule has 0 spiro atoms. The van der Waals surface area contributed by atoms with Crippen molar-refractivity contribution in [3.63, 3.8) is 0 Å².